The third-order valence-electron chi connectivity index (χ3n) is 3.29. The molecule has 0 saturated carbocycles. The van der Waals surface area contributed by atoms with E-state index in [9.17, 15) is 9.18 Å². The minimum atomic E-state index is -0.426. The van der Waals surface area contributed by atoms with Crippen LogP contribution in [0.1, 0.15) is 11.1 Å². The summed E-state index contributed by atoms with van der Waals surface area (Å²) in [5.41, 5.74) is 0.806. The second-order valence-electron chi connectivity index (χ2n) is 5.02. The zero-order chi connectivity index (χ0) is 17.6. The average Bonchev–Trinajstić information content (AvgIpc) is 2.62. The first-order valence-corrected chi connectivity index (χ1v) is 7.72. The van der Waals surface area contributed by atoms with E-state index in [1.165, 1.54) is 12.3 Å². The highest BCUT2D eigenvalue weighted by molar-refractivity contribution is 7.71. The van der Waals surface area contributed by atoms with Gasteiger partial charge in [-0.15, -0.1) is 0 Å². The molecule has 1 heterocycles. The number of H-pyrrole nitrogens is 1. The predicted molar refractivity (Wildman–Crippen MR) is 93.8 cm³/mol. The van der Waals surface area contributed by atoms with Crippen LogP contribution in [0, 0.1) is 10.6 Å². The molecule has 0 atom stereocenters. The van der Waals surface area contributed by atoms with E-state index in [0.29, 0.717) is 11.3 Å². The van der Waals surface area contributed by atoms with Crippen LogP contribution in [0.15, 0.2) is 64.6 Å². The minimum absolute atomic E-state index is 0.105. The molecule has 3 aromatic rings. The van der Waals surface area contributed by atoms with Crippen LogP contribution in [0.4, 0.5) is 4.39 Å². The van der Waals surface area contributed by atoms with Crippen LogP contribution in [0.25, 0.3) is 0 Å². The van der Waals surface area contributed by atoms with Crippen molar-refractivity contribution in [2.24, 2.45) is 5.10 Å². The van der Waals surface area contributed by atoms with Gasteiger partial charge in [-0.1, -0.05) is 18.2 Å². The normalized spacial score (nSPS) is 10.9. The molecule has 3 rings (SSSR count). The molecular formula is C17H13FN4O2S. The summed E-state index contributed by atoms with van der Waals surface area (Å²) in [6.07, 6.45) is 2.58. The number of benzene rings is 2. The third-order valence-corrected chi connectivity index (χ3v) is 3.56. The number of hydrogen-bond donors (Lipinski definition) is 1. The molecule has 8 heteroatoms. The van der Waals surface area contributed by atoms with Crippen LogP contribution in [0.2, 0.25) is 0 Å². The van der Waals surface area contributed by atoms with Gasteiger partial charge in [0.25, 0.3) is 5.56 Å². The summed E-state index contributed by atoms with van der Waals surface area (Å²) in [5, 5.41) is 10.1. The van der Waals surface area contributed by atoms with E-state index in [-0.39, 0.29) is 17.2 Å². The van der Waals surface area contributed by atoms with Crippen LogP contribution in [-0.2, 0) is 6.61 Å². The van der Waals surface area contributed by atoms with Gasteiger partial charge in [0.2, 0.25) is 4.77 Å². The van der Waals surface area contributed by atoms with E-state index in [2.05, 4.69) is 15.3 Å². The highest BCUT2D eigenvalue weighted by Gasteiger charge is 2.02. The van der Waals surface area contributed by atoms with E-state index >= 15 is 0 Å². The highest BCUT2D eigenvalue weighted by atomic mass is 32.1. The average molecular weight is 356 g/mol. The van der Waals surface area contributed by atoms with Crippen molar-refractivity contribution < 1.29 is 9.13 Å². The van der Waals surface area contributed by atoms with Gasteiger partial charge in [-0.25, -0.2) is 4.39 Å². The summed E-state index contributed by atoms with van der Waals surface area (Å²) in [6, 6.07) is 13.4. The minimum Gasteiger partial charge on any atom is -0.489 e. The number of nitrogens with one attached hydrogen (secondary N) is 1. The quantitative estimate of drug-likeness (QED) is 0.564. The maximum Gasteiger partial charge on any atom is 0.293 e. The molecule has 1 N–H and O–H groups in total. The van der Waals surface area contributed by atoms with Crippen LogP contribution in [-0.4, -0.2) is 21.1 Å². The van der Waals surface area contributed by atoms with Crippen molar-refractivity contribution >= 4 is 18.4 Å². The Morgan fingerprint density at radius 2 is 2.00 bits per heavy atom. The summed E-state index contributed by atoms with van der Waals surface area (Å²) >= 11 is 4.95. The molecular weight excluding hydrogens is 343 g/mol. The molecule has 1 aromatic heterocycles. The molecule has 0 radical (unpaired) electrons. The van der Waals surface area contributed by atoms with Crippen molar-refractivity contribution in [3.8, 4) is 5.75 Å². The van der Waals surface area contributed by atoms with E-state index in [1.54, 1.807) is 42.5 Å². The van der Waals surface area contributed by atoms with Gasteiger partial charge < -0.3 is 4.74 Å². The van der Waals surface area contributed by atoms with Gasteiger partial charge in [0, 0.05) is 5.56 Å². The Morgan fingerprint density at radius 1 is 1.24 bits per heavy atom. The summed E-state index contributed by atoms with van der Waals surface area (Å²) in [5.74, 6) is 0.296. The van der Waals surface area contributed by atoms with Crippen LogP contribution < -0.4 is 10.3 Å². The van der Waals surface area contributed by atoms with Gasteiger partial charge in [0.05, 0.1) is 6.21 Å². The Bertz CT molecular complexity index is 984. The van der Waals surface area contributed by atoms with Crippen molar-refractivity contribution in [1.82, 2.24) is 14.9 Å². The molecule has 0 amide bonds. The molecule has 0 fully saturated rings. The molecule has 0 aliphatic carbocycles. The van der Waals surface area contributed by atoms with Crippen molar-refractivity contribution in [2.45, 2.75) is 6.61 Å². The summed E-state index contributed by atoms with van der Waals surface area (Å²) in [7, 11) is 0. The molecule has 0 unspecified atom stereocenters. The SMILES string of the molecule is O=c1cn[nH]c(=S)n1/N=C/c1ccc(OCc2ccccc2F)cc1. The van der Waals surface area contributed by atoms with Gasteiger partial charge >= 0.3 is 0 Å². The second-order valence-corrected chi connectivity index (χ2v) is 5.41. The zero-order valence-corrected chi connectivity index (χ0v) is 13.7. The number of nitrogens with zero attached hydrogens (tertiary/aromatic N) is 3. The van der Waals surface area contributed by atoms with Crippen LogP contribution >= 0.6 is 12.2 Å². The zero-order valence-electron chi connectivity index (χ0n) is 12.9. The fourth-order valence-electron chi connectivity index (χ4n) is 2.01. The molecule has 2 aromatic carbocycles. The van der Waals surface area contributed by atoms with Crippen LogP contribution in [0.5, 0.6) is 5.75 Å². The Balaban J connectivity index is 1.68. The molecule has 0 bridgehead atoms. The van der Waals surface area contributed by atoms with Crippen molar-refractivity contribution in [3.63, 3.8) is 0 Å². The highest BCUT2D eigenvalue weighted by Crippen LogP contribution is 2.15. The molecule has 0 aliphatic rings. The van der Waals surface area contributed by atoms with Gasteiger partial charge in [-0.2, -0.15) is 14.9 Å². The summed E-state index contributed by atoms with van der Waals surface area (Å²) in [6.45, 7) is 0.141. The Labute approximate surface area is 147 Å². The fraction of sp³-hybridized carbons (Fsp3) is 0.0588. The van der Waals surface area contributed by atoms with Gasteiger partial charge in [-0.3, -0.25) is 9.89 Å². The van der Waals surface area contributed by atoms with E-state index in [0.717, 1.165) is 16.4 Å². The Morgan fingerprint density at radius 3 is 2.72 bits per heavy atom. The van der Waals surface area contributed by atoms with Gasteiger partial charge in [0.15, 0.2) is 0 Å². The van der Waals surface area contributed by atoms with E-state index < -0.39 is 5.56 Å². The second kappa shape index (κ2) is 7.63. The number of aromatic amines is 1. The lowest BCUT2D eigenvalue weighted by molar-refractivity contribution is 0.300. The molecule has 25 heavy (non-hydrogen) atoms. The Kier molecular flexibility index (Phi) is 5.10. The molecule has 0 aliphatic heterocycles. The third kappa shape index (κ3) is 4.24. The number of rotatable bonds is 5. The Hall–Kier alpha value is -3.13. The first-order chi connectivity index (χ1) is 12.1. The maximum atomic E-state index is 13.5. The molecule has 0 saturated heterocycles. The molecule has 0 spiro atoms. The monoisotopic (exact) mass is 356 g/mol. The molecule has 126 valence electrons. The number of ether oxygens (including phenoxy) is 1. The number of halogens is 1. The van der Waals surface area contributed by atoms with Crippen molar-refractivity contribution in [3.05, 3.63) is 86.8 Å². The van der Waals surface area contributed by atoms with Crippen LogP contribution in [0.3, 0.4) is 0 Å². The van der Waals surface area contributed by atoms with E-state index in [4.69, 9.17) is 17.0 Å². The van der Waals surface area contributed by atoms with Crippen molar-refractivity contribution in [2.75, 3.05) is 0 Å². The first-order valence-electron chi connectivity index (χ1n) is 7.31. The van der Waals surface area contributed by atoms with Gasteiger partial charge in [-0.05, 0) is 48.1 Å². The lowest BCUT2D eigenvalue weighted by atomic mass is 10.2. The first kappa shape index (κ1) is 16.7. The summed E-state index contributed by atoms with van der Waals surface area (Å²) < 4.78 is 20.2. The lowest BCUT2D eigenvalue weighted by Gasteiger charge is -2.07. The fourth-order valence-corrected chi connectivity index (χ4v) is 2.20. The number of aromatic nitrogens is 3. The molecule has 6 nitrogen and oxygen atoms in total. The maximum absolute atomic E-state index is 13.5. The largest absolute Gasteiger partial charge is 0.489 e. The van der Waals surface area contributed by atoms with Crippen molar-refractivity contribution in [1.29, 1.82) is 0 Å². The van der Waals surface area contributed by atoms with E-state index in [1.807, 2.05) is 0 Å². The van der Waals surface area contributed by atoms with Gasteiger partial charge in [0.1, 0.15) is 24.4 Å². The number of hydrogen-bond acceptors (Lipinski definition) is 5. The standard InChI is InChI=1S/C17H13FN4O2S/c18-15-4-2-1-3-13(15)11-24-14-7-5-12(6-8-14)9-20-22-16(23)10-19-21-17(22)25/h1-10H,11H2,(H,21,25)/b20-9+. The lowest BCUT2D eigenvalue weighted by Crippen LogP contribution is -2.18. The predicted octanol–water partition coefficient (Wildman–Crippen LogP) is 2.90. The summed E-state index contributed by atoms with van der Waals surface area (Å²) in [4.78, 5) is 11.6. The smallest absolute Gasteiger partial charge is 0.293 e. The topological polar surface area (TPSA) is 72.3 Å².